The standard InChI is InChI=1S/C23H29BrN2O2/c1-5-17(3)25-23(28)18(4)26(15-20-10-12-21(24)13-11-20)22(27)14-19-8-6-16(2)7-9-19/h6-13,17-18H,5,14-15H2,1-4H3,(H,25,28)/t17-,18-/m1/s1. The van der Waals surface area contributed by atoms with Crippen LogP contribution >= 0.6 is 15.9 Å². The average Bonchev–Trinajstić information content (AvgIpc) is 2.68. The van der Waals surface area contributed by atoms with Crippen molar-refractivity contribution < 1.29 is 9.59 Å². The summed E-state index contributed by atoms with van der Waals surface area (Å²) in [4.78, 5) is 27.5. The minimum absolute atomic E-state index is 0.0569. The van der Waals surface area contributed by atoms with Gasteiger partial charge >= 0.3 is 0 Å². The van der Waals surface area contributed by atoms with Gasteiger partial charge in [-0.1, -0.05) is 64.8 Å². The minimum atomic E-state index is -0.546. The third-order valence-corrected chi connectivity index (χ3v) is 5.44. The summed E-state index contributed by atoms with van der Waals surface area (Å²) in [5, 5.41) is 2.99. The van der Waals surface area contributed by atoms with E-state index in [1.165, 1.54) is 0 Å². The Labute approximate surface area is 176 Å². The lowest BCUT2D eigenvalue weighted by Gasteiger charge is -2.30. The Morgan fingerprint density at radius 3 is 2.14 bits per heavy atom. The van der Waals surface area contributed by atoms with Crippen molar-refractivity contribution in [2.45, 2.75) is 59.2 Å². The van der Waals surface area contributed by atoms with Gasteiger partial charge in [-0.05, 0) is 50.5 Å². The quantitative estimate of drug-likeness (QED) is 0.644. The summed E-state index contributed by atoms with van der Waals surface area (Å²) in [6.45, 7) is 8.21. The van der Waals surface area contributed by atoms with Crippen LogP contribution in [0.15, 0.2) is 53.0 Å². The molecule has 5 heteroatoms. The Morgan fingerprint density at radius 2 is 1.57 bits per heavy atom. The van der Waals surface area contributed by atoms with Crippen LogP contribution in [-0.4, -0.2) is 28.8 Å². The maximum absolute atomic E-state index is 13.1. The monoisotopic (exact) mass is 444 g/mol. The van der Waals surface area contributed by atoms with Gasteiger partial charge in [-0.15, -0.1) is 0 Å². The zero-order chi connectivity index (χ0) is 20.7. The first-order valence-corrected chi connectivity index (χ1v) is 10.5. The second-order valence-corrected chi connectivity index (χ2v) is 8.22. The molecule has 2 atom stereocenters. The van der Waals surface area contributed by atoms with E-state index in [1.807, 2.05) is 69.3 Å². The fourth-order valence-electron chi connectivity index (χ4n) is 2.82. The molecule has 0 unspecified atom stereocenters. The minimum Gasteiger partial charge on any atom is -0.352 e. The number of hydrogen-bond donors (Lipinski definition) is 1. The molecule has 1 N–H and O–H groups in total. The number of carbonyl (C=O) groups excluding carboxylic acids is 2. The number of benzene rings is 2. The van der Waals surface area contributed by atoms with Gasteiger partial charge in [0.1, 0.15) is 6.04 Å². The molecule has 0 heterocycles. The average molecular weight is 445 g/mol. The molecule has 0 aliphatic carbocycles. The zero-order valence-corrected chi connectivity index (χ0v) is 18.6. The largest absolute Gasteiger partial charge is 0.352 e. The summed E-state index contributed by atoms with van der Waals surface area (Å²) in [5.74, 6) is -0.178. The molecule has 4 nitrogen and oxygen atoms in total. The van der Waals surface area contributed by atoms with Crippen molar-refractivity contribution in [3.05, 3.63) is 69.7 Å². The van der Waals surface area contributed by atoms with Gasteiger partial charge in [0.25, 0.3) is 0 Å². The fraction of sp³-hybridized carbons (Fsp3) is 0.391. The van der Waals surface area contributed by atoms with Crippen LogP contribution < -0.4 is 5.32 Å². The highest BCUT2D eigenvalue weighted by Gasteiger charge is 2.26. The van der Waals surface area contributed by atoms with Crippen LogP contribution in [0, 0.1) is 6.92 Å². The molecule has 2 aromatic carbocycles. The number of rotatable bonds is 8. The first kappa shape index (κ1) is 22.2. The molecule has 0 aromatic heterocycles. The molecule has 0 spiro atoms. The molecule has 0 saturated heterocycles. The molecule has 0 radical (unpaired) electrons. The number of hydrogen-bond acceptors (Lipinski definition) is 2. The van der Waals surface area contributed by atoms with Gasteiger partial charge in [-0.3, -0.25) is 9.59 Å². The summed E-state index contributed by atoms with van der Waals surface area (Å²) >= 11 is 3.43. The van der Waals surface area contributed by atoms with Crippen molar-refractivity contribution in [3.63, 3.8) is 0 Å². The highest BCUT2D eigenvalue weighted by molar-refractivity contribution is 9.10. The Kier molecular flexibility index (Phi) is 8.24. The molecular weight excluding hydrogens is 416 g/mol. The second kappa shape index (κ2) is 10.4. The van der Waals surface area contributed by atoms with Crippen LogP contribution in [0.25, 0.3) is 0 Å². The first-order valence-electron chi connectivity index (χ1n) is 9.70. The van der Waals surface area contributed by atoms with Crippen molar-refractivity contribution in [1.29, 1.82) is 0 Å². The molecular formula is C23H29BrN2O2. The second-order valence-electron chi connectivity index (χ2n) is 7.30. The molecule has 0 fully saturated rings. The number of nitrogens with one attached hydrogen (secondary N) is 1. The number of halogens is 1. The zero-order valence-electron chi connectivity index (χ0n) is 17.0. The van der Waals surface area contributed by atoms with Crippen LogP contribution in [0.2, 0.25) is 0 Å². The van der Waals surface area contributed by atoms with E-state index in [4.69, 9.17) is 0 Å². The number of carbonyl (C=O) groups is 2. The van der Waals surface area contributed by atoms with E-state index in [9.17, 15) is 9.59 Å². The van der Waals surface area contributed by atoms with E-state index in [0.29, 0.717) is 6.54 Å². The Morgan fingerprint density at radius 1 is 1.00 bits per heavy atom. The predicted octanol–water partition coefficient (Wildman–Crippen LogP) is 4.63. The van der Waals surface area contributed by atoms with Gasteiger partial charge in [-0.25, -0.2) is 0 Å². The van der Waals surface area contributed by atoms with Crippen LogP contribution in [0.1, 0.15) is 43.9 Å². The number of aryl methyl sites for hydroxylation is 1. The third kappa shape index (κ3) is 6.48. The van der Waals surface area contributed by atoms with E-state index in [1.54, 1.807) is 11.8 Å². The lowest BCUT2D eigenvalue weighted by molar-refractivity contribution is -0.140. The van der Waals surface area contributed by atoms with E-state index >= 15 is 0 Å². The van der Waals surface area contributed by atoms with E-state index in [2.05, 4.69) is 21.2 Å². The summed E-state index contributed by atoms with van der Waals surface area (Å²) in [5.41, 5.74) is 3.10. The van der Waals surface area contributed by atoms with Crippen molar-refractivity contribution in [2.24, 2.45) is 0 Å². The molecule has 0 saturated carbocycles. The lowest BCUT2D eigenvalue weighted by Crippen LogP contribution is -2.49. The summed E-state index contributed by atoms with van der Waals surface area (Å²) in [6, 6.07) is 15.3. The van der Waals surface area contributed by atoms with Crippen LogP contribution in [0.3, 0.4) is 0 Å². The van der Waals surface area contributed by atoms with Crippen LogP contribution in [0.4, 0.5) is 0 Å². The molecule has 2 amide bonds. The van der Waals surface area contributed by atoms with Gasteiger partial charge in [0, 0.05) is 17.1 Å². The topological polar surface area (TPSA) is 49.4 Å². The lowest BCUT2D eigenvalue weighted by atomic mass is 10.1. The molecule has 2 aromatic rings. The Balaban J connectivity index is 2.20. The first-order chi connectivity index (χ1) is 13.3. The predicted molar refractivity (Wildman–Crippen MR) is 117 cm³/mol. The van der Waals surface area contributed by atoms with Gasteiger partial charge < -0.3 is 10.2 Å². The molecule has 150 valence electrons. The van der Waals surface area contributed by atoms with E-state index in [0.717, 1.165) is 27.6 Å². The number of amides is 2. The van der Waals surface area contributed by atoms with Gasteiger partial charge in [0.15, 0.2) is 0 Å². The highest BCUT2D eigenvalue weighted by atomic mass is 79.9. The maximum atomic E-state index is 13.1. The summed E-state index contributed by atoms with van der Waals surface area (Å²) in [6.07, 6.45) is 1.13. The van der Waals surface area contributed by atoms with E-state index < -0.39 is 6.04 Å². The van der Waals surface area contributed by atoms with Crippen molar-refractivity contribution in [1.82, 2.24) is 10.2 Å². The SMILES string of the molecule is CC[C@@H](C)NC(=O)[C@@H](C)N(Cc1ccc(Br)cc1)C(=O)Cc1ccc(C)cc1. The van der Waals surface area contributed by atoms with Crippen molar-refractivity contribution in [2.75, 3.05) is 0 Å². The molecule has 0 aliphatic heterocycles. The summed E-state index contributed by atoms with van der Waals surface area (Å²) in [7, 11) is 0. The molecule has 0 bridgehead atoms. The van der Waals surface area contributed by atoms with Crippen molar-refractivity contribution >= 4 is 27.7 Å². The normalized spacial score (nSPS) is 12.9. The van der Waals surface area contributed by atoms with Gasteiger partial charge in [0.05, 0.1) is 6.42 Å². The molecule has 0 aliphatic rings. The maximum Gasteiger partial charge on any atom is 0.242 e. The number of nitrogens with zero attached hydrogens (tertiary/aromatic N) is 1. The fourth-order valence-corrected chi connectivity index (χ4v) is 3.08. The third-order valence-electron chi connectivity index (χ3n) is 4.91. The Hall–Kier alpha value is -2.14. The molecule has 28 heavy (non-hydrogen) atoms. The molecule has 2 rings (SSSR count). The van der Waals surface area contributed by atoms with Gasteiger partial charge in [-0.2, -0.15) is 0 Å². The Bertz CT molecular complexity index is 787. The smallest absolute Gasteiger partial charge is 0.242 e. The van der Waals surface area contributed by atoms with Crippen LogP contribution in [0.5, 0.6) is 0 Å². The van der Waals surface area contributed by atoms with Crippen molar-refractivity contribution in [3.8, 4) is 0 Å². The summed E-state index contributed by atoms with van der Waals surface area (Å²) < 4.78 is 0.983. The van der Waals surface area contributed by atoms with Gasteiger partial charge in [0.2, 0.25) is 11.8 Å². The highest BCUT2D eigenvalue weighted by Crippen LogP contribution is 2.16. The van der Waals surface area contributed by atoms with Crippen LogP contribution in [-0.2, 0) is 22.6 Å². The van der Waals surface area contributed by atoms with E-state index in [-0.39, 0.29) is 24.3 Å².